The minimum Gasteiger partial charge on any atom is -0.326 e. The molecule has 1 fully saturated rings. The number of carbonyl (C=O) groups is 1. The number of nitriles is 1. The van der Waals surface area contributed by atoms with Crippen molar-refractivity contribution >= 4 is 17.7 Å². The van der Waals surface area contributed by atoms with Gasteiger partial charge < -0.3 is 9.47 Å². The van der Waals surface area contributed by atoms with Crippen molar-refractivity contribution in [1.82, 2.24) is 24.6 Å². The minimum atomic E-state index is -0.656. The summed E-state index contributed by atoms with van der Waals surface area (Å²) in [6, 6.07) is 6.16. The van der Waals surface area contributed by atoms with Crippen LogP contribution in [0, 0.1) is 11.3 Å². The van der Waals surface area contributed by atoms with Crippen LogP contribution in [0.1, 0.15) is 32.1 Å². The number of thioether (sulfide) groups is 1. The Bertz CT molecular complexity index is 807. The molecule has 0 unspecified atom stereocenters. The Labute approximate surface area is 157 Å². The van der Waals surface area contributed by atoms with E-state index < -0.39 is 5.54 Å². The number of carbonyl (C=O) groups excluding carboxylic acids is 1. The van der Waals surface area contributed by atoms with E-state index in [1.54, 1.807) is 24.3 Å². The standard InChI is InChI=1S/C18H22N6OS/c1-23-16(14-7-6-10-20-11-14)21-22-17(23)26-12-15(25)24(2)18(13-19)8-4-3-5-9-18/h6-7,10-11H,3-5,8-9,12H2,1-2H3. The number of rotatable bonds is 5. The van der Waals surface area contributed by atoms with Crippen molar-refractivity contribution in [2.24, 2.45) is 7.05 Å². The second-order valence-electron chi connectivity index (χ2n) is 6.55. The van der Waals surface area contributed by atoms with Crippen molar-refractivity contribution in [3.8, 4) is 17.5 Å². The van der Waals surface area contributed by atoms with Crippen LogP contribution in [0.15, 0.2) is 29.7 Å². The molecule has 0 aliphatic heterocycles. The average Bonchev–Trinajstić information content (AvgIpc) is 3.07. The summed E-state index contributed by atoms with van der Waals surface area (Å²) >= 11 is 1.34. The summed E-state index contributed by atoms with van der Waals surface area (Å²) in [5.74, 6) is 0.894. The second-order valence-corrected chi connectivity index (χ2v) is 7.49. The summed E-state index contributed by atoms with van der Waals surface area (Å²) in [4.78, 5) is 18.4. The van der Waals surface area contributed by atoms with Crippen molar-refractivity contribution in [3.63, 3.8) is 0 Å². The van der Waals surface area contributed by atoms with Gasteiger partial charge in [0.05, 0.1) is 11.8 Å². The first kappa shape index (κ1) is 18.4. The van der Waals surface area contributed by atoms with Crippen LogP contribution in [0.5, 0.6) is 0 Å². The van der Waals surface area contributed by atoms with E-state index in [0.717, 1.165) is 37.7 Å². The molecule has 2 heterocycles. The largest absolute Gasteiger partial charge is 0.326 e. The van der Waals surface area contributed by atoms with Gasteiger partial charge in [0, 0.05) is 32.1 Å². The van der Waals surface area contributed by atoms with E-state index in [1.807, 2.05) is 23.7 Å². The molecule has 3 rings (SSSR count). The third kappa shape index (κ3) is 3.58. The number of hydrogen-bond acceptors (Lipinski definition) is 6. The lowest BCUT2D eigenvalue weighted by Gasteiger charge is -2.39. The summed E-state index contributed by atoms with van der Waals surface area (Å²) in [5, 5.41) is 18.7. The Balaban J connectivity index is 1.67. The van der Waals surface area contributed by atoms with Crippen LogP contribution in [-0.2, 0) is 11.8 Å². The van der Waals surface area contributed by atoms with E-state index in [9.17, 15) is 10.1 Å². The molecule has 8 heteroatoms. The first-order chi connectivity index (χ1) is 12.6. The molecule has 0 aromatic carbocycles. The van der Waals surface area contributed by atoms with E-state index in [2.05, 4.69) is 21.3 Å². The topological polar surface area (TPSA) is 87.7 Å². The lowest BCUT2D eigenvalue weighted by Crippen LogP contribution is -2.50. The zero-order valence-electron chi connectivity index (χ0n) is 15.1. The van der Waals surface area contributed by atoms with Gasteiger partial charge in [0.15, 0.2) is 11.0 Å². The summed E-state index contributed by atoms with van der Waals surface area (Å²) in [6.07, 6.45) is 8.08. The van der Waals surface area contributed by atoms with Gasteiger partial charge in [-0.15, -0.1) is 10.2 Å². The lowest BCUT2D eigenvalue weighted by molar-refractivity contribution is -0.131. The van der Waals surface area contributed by atoms with Gasteiger partial charge in [0.1, 0.15) is 5.54 Å². The molecule has 0 saturated heterocycles. The third-order valence-corrected chi connectivity index (χ3v) is 5.99. The highest BCUT2D eigenvalue weighted by atomic mass is 32.2. The number of nitrogens with zero attached hydrogens (tertiary/aromatic N) is 6. The Hall–Kier alpha value is -2.40. The summed E-state index contributed by atoms with van der Waals surface area (Å²) in [7, 11) is 3.62. The maximum atomic E-state index is 12.7. The molecule has 2 aromatic heterocycles. The van der Waals surface area contributed by atoms with Gasteiger partial charge in [-0.05, 0) is 25.0 Å². The SMILES string of the molecule is CN(C(=O)CSc1nnc(-c2cccnc2)n1C)C1(C#N)CCCCC1. The van der Waals surface area contributed by atoms with Crippen LogP contribution in [0.2, 0.25) is 0 Å². The van der Waals surface area contributed by atoms with E-state index >= 15 is 0 Å². The van der Waals surface area contributed by atoms with Gasteiger partial charge in [0.2, 0.25) is 5.91 Å². The van der Waals surface area contributed by atoms with Gasteiger partial charge in [-0.25, -0.2) is 0 Å². The van der Waals surface area contributed by atoms with Gasteiger partial charge in [-0.3, -0.25) is 9.78 Å². The highest BCUT2D eigenvalue weighted by Crippen LogP contribution is 2.33. The van der Waals surface area contributed by atoms with Crippen molar-refractivity contribution in [2.45, 2.75) is 42.8 Å². The van der Waals surface area contributed by atoms with Crippen LogP contribution >= 0.6 is 11.8 Å². The van der Waals surface area contributed by atoms with Crippen molar-refractivity contribution in [1.29, 1.82) is 5.26 Å². The smallest absolute Gasteiger partial charge is 0.234 e. The predicted molar refractivity (Wildman–Crippen MR) is 99.2 cm³/mol. The lowest BCUT2D eigenvalue weighted by atomic mass is 9.81. The molecular formula is C18H22N6OS. The molecule has 0 bridgehead atoms. The molecule has 0 atom stereocenters. The Morgan fingerprint density at radius 3 is 2.81 bits per heavy atom. The number of amides is 1. The van der Waals surface area contributed by atoms with Gasteiger partial charge in [-0.1, -0.05) is 31.0 Å². The Morgan fingerprint density at radius 2 is 2.15 bits per heavy atom. The average molecular weight is 370 g/mol. The van der Waals surface area contributed by atoms with E-state index in [0.29, 0.717) is 11.0 Å². The third-order valence-electron chi connectivity index (χ3n) is 4.98. The van der Waals surface area contributed by atoms with Crippen LogP contribution in [0.3, 0.4) is 0 Å². The molecule has 26 heavy (non-hydrogen) atoms. The normalized spacial score (nSPS) is 16.0. The molecule has 1 amide bonds. The van der Waals surface area contributed by atoms with Crippen LogP contribution < -0.4 is 0 Å². The van der Waals surface area contributed by atoms with Gasteiger partial charge in [-0.2, -0.15) is 5.26 Å². The molecule has 0 N–H and O–H groups in total. The van der Waals surface area contributed by atoms with E-state index in [4.69, 9.17) is 0 Å². The van der Waals surface area contributed by atoms with Gasteiger partial charge >= 0.3 is 0 Å². The summed E-state index contributed by atoms with van der Waals surface area (Å²) in [6.45, 7) is 0. The molecule has 0 radical (unpaired) electrons. The van der Waals surface area contributed by atoms with Gasteiger partial charge in [0.25, 0.3) is 0 Å². The fourth-order valence-corrected chi connectivity index (χ4v) is 4.13. The number of pyridine rings is 1. The Kier molecular flexibility index (Phi) is 5.57. The van der Waals surface area contributed by atoms with E-state index in [-0.39, 0.29) is 11.7 Å². The van der Waals surface area contributed by atoms with E-state index in [1.165, 1.54) is 11.8 Å². The number of hydrogen-bond donors (Lipinski definition) is 0. The second kappa shape index (κ2) is 7.87. The van der Waals surface area contributed by atoms with Crippen LogP contribution in [-0.4, -0.2) is 48.9 Å². The monoisotopic (exact) mass is 370 g/mol. The molecule has 1 aliphatic rings. The van der Waals surface area contributed by atoms with Crippen molar-refractivity contribution in [3.05, 3.63) is 24.5 Å². The molecule has 0 spiro atoms. The fourth-order valence-electron chi connectivity index (χ4n) is 3.31. The highest BCUT2D eigenvalue weighted by molar-refractivity contribution is 7.99. The fraction of sp³-hybridized carbons (Fsp3) is 0.500. The van der Waals surface area contributed by atoms with Crippen molar-refractivity contribution in [2.75, 3.05) is 12.8 Å². The molecule has 136 valence electrons. The maximum absolute atomic E-state index is 12.7. The quantitative estimate of drug-likeness (QED) is 0.752. The molecule has 7 nitrogen and oxygen atoms in total. The molecule has 1 aliphatic carbocycles. The van der Waals surface area contributed by atoms with Crippen LogP contribution in [0.25, 0.3) is 11.4 Å². The molecular weight excluding hydrogens is 348 g/mol. The highest BCUT2D eigenvalue weighted by Gasteiger charge is 2.38. The summed E-state index contributed by atoms with van der Waals surface area (Å²) in [5.41, 5.74) is 0.222. The van der Waals surface area contributed by atoms with Crippen molar-refractivity contribution < 1.29 is 4.79 Å². The maximum Gasteiger partial charge on any atom is 0.234 e. The molecule has 2 aromatic rings. The first-order valence-electron chi connectivity index (χ1n) is 8.68. The first-order valence-corrected chi connectivity index (χ1v) is 9.66. The summed E-state index contributed by atoms with van der Waals surface area (Å²) < 4.78 is 1.86. The zero-order chi connectivity index (χ0) is 18.6. The minimum absolute atomic E-state index is 0.0515. The zero-order valence-corrected chi connectivity index (χ0v) is 15.9. The number of aromatic nitrogens is 4. The predicted octanol–water partition coefficient (Wildman–Crippen LogP) is 2.65. The molecule has 1 saturated carbocycles. The van der Waals surface area contributed by atoms with Crippen LogP contribution in [0.4, 0.5) is 0 Å². The Morgan fingerprint density at radius 1 is 1.38 bits per heavy atom.